The van der Waals surface area contributed by atoms with Crippen LogP contribution in [0.2, 0.25) is 0 Å². The SMILES string of the molecule is NC(=S)c1cnccc1N. The number of rotatable bonds is 1. The molecule has 0 unspecified atom stereocenters. The topological polar surface area (TPSA) is 64.9 Å². The Bertz CT molecular complexity index is 259. The molecule has 0 bridgehead atoms. The number of nitrogens with zero attached hydrogens (tertiary/aromatic N) is 1. The lowest BCUT2D eigenvalue weighted by atomic mass is 10.2. The molecule has 0 fully saturated rings. The molecule has 0 saturated heterocycles. The zero-order valence-corrected chi connectivity index (χ0v) is 6.06. The molecule has 0 aliphatic heterocycles. The van der Waals surface area contributed by atoms with Gasteiger partial charge in [0.1, 0.15) is 4.99 Å². The van der Waals surface area contributed by atoms with Crippen molar-refractivity contribution in [3.8, 4) is 0 Å². The molecule has 1 heterocycles. The first-order chi connectivity index (χ1) is 4.72. The maximum atomic E-state index is 5.51. The van der Waals surface area contributed by atoms with Crippen LogP contribution >= 0.6 is 12.2 Å². The van der Waals surface area contributed by atoms with E-state index in [1.807, 2.05) is 0 Å². The highest BCUT2D eigenvalue weighted by molar-refractivity contribution is 7.80. The number of anilines is 1. The van der Waals surface area contributed by atoms with Crippen LogP contribution in [0.15, 0.2) is 18.5 Å². The predicted molar refractivity (Wildman–Crippen MR) is 44.5 cm³/mol. The number of hydrogen-bond donors (Lipinski definition) is 2. The minimum Gasteiger partial charge on any atom is -0.398 e. The monoisotopic (exact) mass is 153 g/mol. The highest BCUT2D eigenvalue weighted by atomic mass is 32.1. The molecule has 10 heavy (non-hydrogen) atoms. The molecular formula is C6H7N3S. The summed E-state index contributed by atoms with van der Waals surface area (Å²) < 4.78 is 0. The van der Waals surface area contributed by atoms with Crippen LogP contribution in [0.3, 0.4) is 0 Å². The largest absolute Gasteiger partial charge is 0.398 e. The van der Waals surface area contributed by atoms with Crippen LogP contribution in [0, 0.1) is 0 Å². The first-order valence-electron chi connectivity index (χ1n) is 2.71. The Kier molecular flexibility index (Phi) is 1.82. The van der Waals surface area contributed by atoms with Crippen molar-refractivity contribution in [2.24, 2.45) is 5.73 Å². The van der Waals surface area contributed by atoms with Crippen molar-refractivity contribution in [1.29, 1.82) is 0 Å². The Morgan fingerprint density at radius 1 is 1.60 bits per heavy atom. The second-order valence-corrected chi connectivity index (χ2v) is 2.27. The average molecular weight is 153 g/mol. The summed E-state index contributed by atoms with van der Waals surface area (Å²) in [5.41, 5.74) is 12.0. The van der Waals surface area contributed by atoms with Crippen molar-refractivity contribution in [2.45, 2.75) is 0 Å². The quantitative estimate of drug-likeness (QED) is 0.569. The Balaban J connectivity index is 3.15. The number of pyridine rings is 1. The van der Waals surface area contributed by atoms with Crippen molar-refractivity contribution in [3.05, 3.63) is 24.0 Å². The lowest BCUT2D eigenvalue weighted by Crippen LogP contribution is -2.12. The van der Waals surface area contributed by atoms with E-state index in [9.17, 15) is 0 Å². The lowest BCUT2D eigenvalue weighted by Gasteiger charge is -1.99. The van der Waals surface area contributed by atoms with Gasteiger partial charge in [0.15, 0.2) is 0 Å². The fraction of sp³-hybridized carbons (Fsp3) is 0. The van der Waals surface area contributed by atoms with Gasteiger partial charge in [-0.05, 0) is 6.07 Å². The Hall–Kier alpha value is -1.16. The molecule has 52 valence electrons. The standard InChI is InChI=1S/C6H7N3S/c7-5-1-2-9-3-4(5)6(8)10/h1-3H,(H2,7,9)(H2,8,10). The summed E-state index contributed by atoms with van der Waals surface area (Å²) in [4.78, 5) is 4.10. The van der Waals surface area contributed by atoms with E-state index in [2.05, 4.69) is 4.98 Å². The van der Waals surface area contributed by atoms with E-state index in [-0.39, 0.29) is 4.99 Å². The molecule has 0 saturated carbocycles. The maximum Gasteiger partial charge on any atom is 0.107 e. The highest BCUT2D eigenvalue weighted by Crippen LogP contribution is 2.06. The van der Waals surface area contributed by atoms with Gasteiger partial charge < -0.3 is 11.5 Å². The maximum absolute atomic E-state index is 5.51. The number of aromatic nitrogens is 1. The van der Waals surface area contributed by atoms with E-state index in [0.717, 1.165) is 0 Å². The van der Waals surface area contributed by atoms with Crippen LogP contribution in [0.4, 0.5) is 5.69 Å². The van der Waals surface area contributed by atoms with Gasteiger partial charge in [0.05, 0.1) is 0 Å². The molecule has 0 spiro atoms. The molecule has 0 atom stereocenters. The van der Waals surface area contributed by atoms with E-state index in [1.165, 1.54) is 0 Å². The van der Waals surface area contributed by atoms with E-state index in [1.54, 1.807) is 18.5 Å². The fourth-order valence-electron chi connectivity index (χ4n) is 0.611. The van der Waals surface area contributed by atoms with Gasteiger partial charge in [-0.15, -0.1) is 0 Å². The summed E-state index contributed by atoms with van der Waals surface area (Å²) in [6.07, 6.45) is 3.15. The smallest absolute Gasteiger partial charge is 0.107 e. The average Bonchev–Trinajstić information content (AvgIpc) is 1.88. The molecule has 1 aromatic rings. The van der Waals surface area contributed by atoms with Crippen LogP contribution in [0.5, 0.6) is 0 Å². The third-order valence-electron chi connectivity index (χ3n) is 1.12. The zero-order valence-electron chi connectivity index (χ0n) is 5.24. The molecule has 1 aromatic heterocycles. The zero-order chi connectivity index (χ0) is 7.56. The van der Waals surface area contributed by atoms with Crippen molar-refractivity contribution in [2.75, 3.05) is 5.73 Å². The molecule has 0 aromatic carbocycles. The van der Waals surface area contributed by atoms with Crippen molar-refractivity contribution in [1.82, 2.24) is 4.98 Å². The van der Waals surface area contributed by atoms with Gasteiger partial charge in [0.2, 0.25) is 0 Å². The van der Waals surface area contributed by atoms with E-state index < -0.39 is 0 Å². The molecule has 3 nitrogen and oxygen atoms in total. The predicted octanol–water partition coefficient (Wildman–Crippen LogP) is 0.298. The van der Waals surface area contributed by atoms with Crippen LogP contribution in [-0.2, 0) is 0 Å². The Morgan fingerprint density at radius 3 is 2.70 bits per heavy atom. The molecule has 0 amide bonds. The molecular weight excluding hydrogens is 146 g/mol. The summed E-state index contributed by atoms with van der Waals surface area (Å²) in [5.74, 6) is 0. The Morgan fingerprint density at radius 2 is 2.30 bits per heavy atom. The third-order valence-corrected chi connectivity index (χ3v) is 1.34. The van der Waals surface area contributed by atoms with E-state index in [0.29, 0.717) is 11.3 Å². The molecule has 0 aliphatic rings. The van der Waals surface area contributed by atoms with Gasteiger partial charge in [-0.3, -0.25) is 4.98 Å². The minimum atomic E-state index is 0.283. The lowest BCUT2D eigenvalue weighted by molar-refractivity contribution is 1.32. The third kappa shape index (κ3) is 1.22. The van der Waals surface area contributed by atoms with Crippen molar-refractivity contribution < 1.29 is 0 Å². The first kappa shape index (κ1) is 6.95. The number of nitrogen functional groups attached to an aromatic ring is 1. The van der Waals surface area contributed by atoms with Crippen molar-refractivity contribution in [3.63, 3.8) is 0 Å². The van der Waals surface area contributed by atoms with Crippen molar-refractivity contribution >= 4 is 22.9 Å². The van der Waals surface area contributed by atoms with Gasteiger partial charge in [-0.25, -0.2) is 0 Å². The van der Waals surface area contributed by atoms with E-state index >= 15 is 0 Å². The number of thiocarbonyl (C=S) groups is 1. The van der Waals surface area contributed by atoms with E-state index in [4.69, 9.17) is 23.7 Å². The van der Waals surface area contributed by atoms with Gasteiger partial charge >= 0.3 is 0 Å². The fourth-order valence-corrected chi connectivity index (χ4v) is 0.782. The summed E-state index contributed by atoms with van der Waals surface area (Å²) in [5, 5.41) is 0. The summed E-state index contributed by atoms with van der Waals surface area (Å²) >= 11 is 4.71. The summed E-state index contributed by atoms with van der Waals surface area (Å²) in [7, 11) is 0. The van der Waals surface area contributed by atoms with Crippen LogP contribution in [0.1, 0.15) is 5.56 Å². The summed E-state index contributed by atoms with van der Waals surface area (Å²) in [6.45, 7) is 0. The molecule has 4 N–H and O–H groups in total. The van der Waals surface area contributed by atoms with Crippen LogP contribution < -0.4 is 11.5 Å². The number of hydrogen-bond acceptors (Lipinski definition) is 3. The Labute approximate surface area is 64.1 Å². The van der Waals surface area contributed by atoms with Gasteiger partial charge in [0, 0.05) is 23.6 Å². The van der Waals surface area contributed by atoms with Gasteiger partial charge in [0.25, 0.3) is 0 Å². The normalized spacial score (nSPS) is 9.20. The highest BCUT2D eigenvalue weighted by Gasteiger charge is 1.98. The van der Waals surface area contributed by atoms with Gasteiger partial charge in [-0.2, -0.15) is 0 Å². The molecule has 4 heteroatoms. The number of nitrogens with two attached hydrogens (primary N) is 2. The molecule has 1 rings (SSSR count). The first-order valence-corrected chi connectivity index (χ1v) is 3.12. The molecule has 0 aliphatic carbocycles. The van der Waals surface area contributed by atoms with Gasteiger partial charge in [-0.1, -0.05) is 12.2 Å². The second-order valence-electron chi connectivity index (χ2n) is 1.83. The minimum absolute atomic E-state index is 0.283. The van der Waals surface area contributed by atoms with Crippen LogP contribution in [0.25, 0.3) is 0 Å². The van der Waals surface area contributed by atoms with Crippen LogP contribution in [-0.4, -0.2) is 9.97 Å². The summed E-state index contributed by atoms with van der Waals surface area (Å²) in [6, 6.07) is 1.66. The molecule has 0 radical (unpaired) electrons. The second kappa shape index (κ2) is 2.62.